The van der Waals surface area contributed by atoms with Crippen molar-refractivity contribution in [2.75, 3.05) is 19.4 Å². The number of H-pyrrole nitrogens is 1. The van der Waals surface area contributed by atoms with Gasteiger partial charge < -0.3 is 9.72 Å². The van der Waals surface area contributed by atoms with Crippen LogP contribution in [0.15, 0.2) is 58.5 Å². The number of ether oxygens (including phenoxy) is 1. The molecular weight excluding hydrogens is 428 g/mol. The molecule has 2 amide bonds. The van der Waals surface area contributed by atoms with Gasteiger partial charge >= 0.3 is 0 Å². The number of thioether (sulfide) groups is 1. The molecule has 0 spiro atoms. The number of hydrogen-bond acceptors (Lipinski definition) is 7. The van der Waals surface area contributed by atoms with Gasteiger partial charge in [-0.05, 0) is 49.1 Å². The van der Waals surface area contributed by atoms with Crippen LogP contribution in [0.4, 0.5) is 0 Å². The molecule has 3 aromatic rings. The van der Waals surface area contributed by atoms with E-state index in [0.717, 1.165) is 0 Å². The highest BCUT2D eigenvalue weighted by Gasteiger charge is 2.34. The van der Waals surface area contributed by atoms with E-state index in [2.05, 4.69) is 9.97 Å². The Labute approximate surface area is 187 Å². The fraction of sp³-hybridized carbons (Fsp3) is 0.174. The number of imide groups is 1. The van der Waals surface area contributed by atoms with Gasteiger partial charge in [0.1, 0.15) is 17.4 Å². The van der Waals surface area contributed by atoms with Gasteiger partial charge in [-0.3, -0.25) is 19.3 Å². The van der Waals surface area contributed by atoms with Crippen LogP contribution >= 0.6 is 11.8 Å². The van der Waals surface area contributed by atoms with E-state index in [9.17, 15) is 19.6 Å². The van der Waals surface area contributed by atoms with Crippen LogP contribution in [0, 0.1) is 11.3 Å². The number of carbonyl (C=O) groups is 2. The molecule has 0 fully saturated rings. The lowest BCUT2D eigenvalue weighted by molar-refractivity contribution is 0.0646. The highest BCUT2D eigenvalue weighted by atomic mass is 32.2. The van der Waals surface area contributed by atoms with E-state index < -0.39 is 5.56 Å². The standard InChI is InChI=1S/C23H18N4O4S/c1-32-23-25-19(18(13-24)20(28)26-23)14-7-9-15(10-8-14)31-12-4-11-27-21(29)16-5-2-3-6-17(16)22(27)30/h2-3,5-10H,4,11-12H2,1H3,(H,25,26,28). The molecular formula is C23H18N4O4S. The molecule has 9 heteroatoms. The number of carbonyl (C=O) groups excluding carboxylic acids is 2. The predicted octanol–water partition coefficient (Wildman–Crippen LogP) is 3.10. The first-order chi connectivity index (χ1) is 15.5. The average Bonchev–Trinajstić information content (AvgIpc) is 3.06. The summed E-state index contributed by atoms with van der Waals surface area (Å²) in [5.41, 5.74) is 1.29. The molecule has 4 rings (SSSR count). The molecule has 0 saturated carbocycles. The number of hydrogen-bond donors (Lipinski definition) is 1. The number of nitrogens with one attached hydrogen (secondary N) is 1. The summed E-state index contributed by atoms with van der Waals surface area (Å²) in [5, 5.41) is 9.74. The normalized spacial score (nSPS) is 12.6. The first-order valence-corrected chi connectivity index (χ1v) is 11.0. The number of fused-ring (bicyclic) bond motifs is 1. The number of benzene rings is 2. The Balaban J connectivity index is 1.37. The van der Waals surface area contributed by atoms with Crippen molar-refractivity contribution >= 4 is 23.6 Å². The van der Waals surface area contributed by atoms with Gasteiger partial charge in [-0.2, -0.15) is 5.26 Å². The van der Waals surface area contributed by atoms with Crippen molar-refractivity contribution in [1.29, 1.82) is 5.26 Å². The molecule has 32 heavy (non-hydrogen) atoms. The Kier molecular flexibility index (Phi) is 6.05. The first-order valence-electron chi connectivity index (χ1n) is 9.80. The third-order valence-electron chi connectivity index (χ3n) is 5.00. The van der Waals surface area contributed by atoms with Crippen LogP contribution in [0.25, 0.3) is 11.3 Å². The molecule has 8 nitrogen and oxygen atoms in total. The molecule has 2 aromatic carbocycles. The van der Waals surface area contributed by atoms with E-state index >= 15 is 0 Å². The van der Waals surface area contributed by atoms with Crippen molar-refractivity contribution in [2.24, 2.45) is 0 Å². The van der Waals surface area contributed by atoms with Gasteiger partial charge in [-0.15, -0.1) is 0 Å². The SMILES string of the molecule is CSc1nc(-c2ccc(OCCCN3C(=O)c4ccccc4C3=O)cc2)c(C#N)c(=O)[nH]1. The maximum atomic E-state index is 12.4. The summed E-state index contributed by atoms with van der Waals surface area (Å²) in [7, 11) is 0. The molecule has 2 heterocycles. The fourth-order valence-corrected chi connectivity index (χ4v) is 3.80. The largest absolute Gasteiger partial charge is 0.494 e. The van der Waals surface area contributed by atoms with Crippen molar-refractivity contribution in [2.45, 2.75) is 11.6 Å². The molecule has 1 aromatic heterocycles. The van der Waals surface area contributed by atoms with Gasteiger partial charge in [0.05, 0.1) is 23.4 Å². The van der Waals surface area contributed by atoms with E-state index in [4.69, 9.17) is 4.74 Å². The smallest absolute Gasteiger partial charge is 0.270 e. The van der Waals surface area contributed by atoms with Gasteiger partial charge in [-0.25, -0.2) is 4.98 Å². The molecule has 0 aliphatic carbocycles. The summed E-state index contributed by atoms with van der Waals surface area (Å²) in [6.07, 6.45) is 2.27. The monoisotopic (exact) mass is 446 g/mol. The topological polar surface area (TPSA) is 116 Å². The predicted molar refractivity (Wildman–Crippen MR) is 119 cm³/mol. The quantitative estimate of drug-likeness (QED) is 0.257. The second-order valence-electron chi connectivity index (χ2n) is 6.94. The summed E-state index contributed by atoms with van der Waals surface area (Å²) in [6, 6.07) is 15.6. The zero-order valence-corrected chi connectivity index (χ0v) is 17.9. The molecule has 0 unspecified atom stereocenters. The number of aromatic nitrogens is 2. The minimum atomic E-state index is -0.477. The molecule has 0 radical (unpaired) electrons. The number of rotatable bonds is 7. The Morgan fingerprint density at radius 1 is 1.06 bits per heavy atom. The number of amides is 2. The number of nitrogens with zero attached hydrogens (tertiary/aromatic N) is 3. The second-order valence-corrected chi connectivity index (χ2v) is 7.74. The second kappa shape index (κ2) is 9.08. The molecule has 1 N–H and O–H groups in total. The summed E-state index contributed by atoms with van der Waals surface area (Å²) >= 11 is 1.28. The van der Waals surface area contributed by atoms with Gasteiger partial charge in [0.2, 0.25) is 0 Å². The van der Waals surface area contributed by atoms with Crippen LogP contribution in [0.2, 0.25) is 0 Å². The van der Waals surface area contributed by atoms with Gasteiger partial charge in [0.15, 0.2) is 5.16 Å². The lowest BCUT2D eigenvalue weighted by Gasteiger charge is -2.14. The number of nitriles is 1. The summed E-state index contributed by atoms with van der Waals surface area (Å²) in [5.74, 6) is 0.0287. The minimum Gasteiger partial charge on any atom is -0.494 e. The van der Waals surface area contributed by atoms with Crippen molar-refractivity contribution in [1.82, 2.24) is 14.9 Å². The van der Waals surface area contributed by atoms with E-state index in [1.54, 1.807) is 54.8 Å². The van der Waals surface area contributed by atoms with Crippen molar-refractivity contribution in [3.8, 4) is 23.1 Å². The highest BCUT2D eigenvalue weighted by molar-refractivity contribution is 7.98. The average molecular weight is 446 g/mol. The van der Waals surface area contributed by atoms with E-state index in [1.165, 1.54) is 16.7 Å². The van der Waals surface area contributed by atoms with E-state index in [0.29, 0.717) is 46.3 Å². The Morgan fingerprint density at radius 2 is 1.72 bits per heavy atom. The first kappa shape index (κ1) is 21.3. The summed E-state index contributed by atoms with van der Waals surface area (Å²) < 4.78 is 5.72. The summed E-state index contributed by atoms with van der Waals surface area (Å²) in [4.78, 5) is 45.0. The fourth-order valence-electron chi connectivity index (χ4n) is 3.43. The van der Waals surface area contributed by atoms with Crippen molar-refractivity contribution in [3.05, 3.63) is 75.6 Å². The maximum Gasteiger partial charge on any atom is 0.270 e. The minimum absolute atomic E-state index is 0.0441. The zero-order valence-electron chi connectivity index (χ0n) is 17.1. The van der Waals surface area contributed by atoms with Crippen LogP contribution in [0.1, 0.15) is 32.7 Å². The third-order valence-corrected chi connectivity index (χ3v) is 5.58. The molecule has 160 valence electrons. The van der Waals surface area contributed by atoms with Crippen molar-refractivity contribution in [3.63, 3.8) is 0 Å². The zero-order chi connectivity index (χ0) is 22.7. The van der Waals surface area contributed by atoms with Gasteiger partial charge in [-0.1, -0.05) is 23.9 Å². The highest BCUT2D eigenvalue weighted by Crippen LogP contribution is 2.25. The molecule has 0 saturated heterocycles. The van der Waals surface area contributed by atoms with Gasteiger partial charge in [0, 0.05) is 12.1 Å². The van der Waals surface area contributed by atoms with Crippen LogP contribution in [0.3, 0.4) is 0 Å². The van der Waals surface area contributed by atoms with Crippen molar-refractivity contribution < 1.29 is 14.3 Å². The third kappa shape index (κ3) is 4.00. The van der Waals surface area contributed by atoms with Crippen LogP contribution in [-0.4, -0.2) is 46.1 Å². The summed E-state index contributed by atoms with van der Waals surface area (Å²) in [6.45, 7) is 0.584. The molecule has 0 bridgehead atoms. The van der Waals surface area contributed by atoms with E-state index in [1.807, 2.05) is 6.07 Å². The Hall–Kier alpha value is -3.90. The maximum absolute atomic E-state index is 12.4. The van der Waals surface area contributed by atoms with Crippen LogP contribution < -0.4 is 10.3 Å². The van der Waals surface area contributed by atoms with Crippen LogP contribution in [-0.2, 0) is 0 Å². The lowest BCUT2D eigenvalue weighted by atomic mass is 10.1. The Bertz CT molecular complexity index is 1260. The number of aromatic amines is 1. The molecule has 0 atom stereocenters. The van der Waals surface area contributed by atoms with Crippen LogP contribution in [0.5, 0.6) is 5.75 Å². The molecule has 1 aliphatic rings. The Morgan fingerprint density at radius 3 is 2.31 bits per heavy atom. The van der Waals surface area contributed by atoms with E-state index in [-0.39, 0.29) is 23.9 Å². The molecule has 1 aliphatic heterocycles. The lowest BCUT2D eigenvalue weighted by Crippen LogP contribution is -2.31. The van der Waals surface area contributed by atoms with Gasteiger partial charge in [0.25, 0.3) is 17.4 Å².